The molecule has 0 bridgehead atoms. The van der Waals surface area contributed by atoms with E-state index in [1.165, 1.54) is 25.2 Å². The smallest absolute Gasteiger partial charge is 0.254 e. The van der Waals surface area contributed by atoms with Gasteiger partial charge in [-0.25, -0.2) is 4.39 Å². The summed E-state index contributed by atoms with van der Waals surface area (Å²) in [5.74, 6) is -1.28. The molecule has 0 fully saturated rings. The Morgan fingerprint density at radius 3 is 2.55 bits per heavy atom. The molecule has 1 aromatic carbocycles. The SMILES string of the molecule is CNC(=O)C(CC(C)C)NC(=O)c1cccc(F)c1N. The van der Waals surface area contributed by atoms with Gasteiger partial charge < -0.3 is 16.4 Å². The molecule has 0 heterocycles. The summed E-state index contributed by atoms with van der Waals surface area (Å²) in [7, 11) is 1.50. The molecule has 0 radical (unpaired) electrons. The lowest BCUT2D eigenvalue weighted by Crippen LogP contribution is -2.46. The monoisotopic (exact) mass is 281 g/mol. The average Bonchev–Trinajstić information content (AvgIpc) is 2.39. The summed E-state index contributed by atoms with van der Waals surface area (Å²) in [5, 5.41) is 5.08. The van der Waals surface area contributed by atoms with E-state index in [1.54, 1.807) is 0 Å². The molecule has 0 aromatic heterocycles. The van der Waals surface area contributed by atoms with E-state index in [4.69, 9.17) is 5.73 Å². The Morgan fingerprint density at radius 2 is 2.00 bits per heavy atom. The minimum Gasteiger partial charge on any atom is -0.396 e. The lowest BCUT2D eigenvalue weighted by Gasteiger charge is -2.19. The van der Waals surface area contributed by atoms with E-state index in [-0.39, 0.29) is 23.1 Å². The van der Waals surface area contributed by atoms with Gasteiger partial charge in [-0.1, -0.05) is 19.9 Å². The molecule has 0 saturated heterocycles. The molecule has 2 amide bonds. The van der Waals surface area contributed by atoms with E-state index in [0.717, 1.165) is 0 Å². The third-order valence-corrected chi connectivity index (χ3v) is 2.87. The number of benzene rings is 1. The Bertz CT molecular complexity index is 503. The molecule has 5 nitrogen and oxygen atoms in total. The summed E-state index contributed by atoms with van der Waals surface area (Å²) in [6.07, 6.45) is 0.487. The van der Waals surface area contributed by atoms with Crippen LogP contribution < -0.4 is 16.4 Å². The van der Waals surface area contributed by atoms with Crippen LogP contribution in [-0.4, -0.2) is 24.9 Å². The fourth-order valence-corrected chi connectivity index (χ4v) is 1.85. The molecule has 1 atom stereocenters. The first-order chi connectivity index (χ1) is 9.36. The van der Waals surface area contributed by atoms with Gasteiger partial charge in [0.25, 0.3) is 5.91 Å². The molecule has 4 N–H and O–H groups in total. The zero-order valence-electron chi connectivity index (χ0n) is 11.9. The maximum atomic E-state index is 13.3. The van der Waals surface area contributed by atoms with Crippen LogP contribution in [0.5, 0.6) is 0 Å². The number of amides is 2. The standard InChI is InChI=1S/C14H20FN3O2/c1-8(2)7-11(14(20)17-3)18-13(19)9-5-4-6-10(15)12(9)16/h4-6,8,11H,7,16H2,1-3H3,(H,17,20)(H,18,19). The predicted octanol–water partition coefficient (Wildman–Crippen LogP) is 1.30. The highest BCUT2D eigenvalue weighted by Crippen LogP contribution is 2.16. The van der Waals surface area contributed by atoms with Gasteiger partial charge in [-0.05, 0) is 24.5 Å². The average molecular weight is 281 g/mol. The number of nitrogens with two attached hydrogens (primary N) is 1. The Balaban J connectivity index is 2.90. The maximum absolute atomic E-state index is 13.3. The minimum absolute atomic E-state index is 0.0302. The second kappa shape index (κ2) is 6.88. The Labute approximate surface area is 117 Å². The number of para-hydroxylation sites is 1. The number of carbonyl (C=O) groups excluding carboxylic acids is 2. The lowest BCUT2D eigenvalue weighted by molar-refractivity contribution is -0.122. The summed E-state index contributed by atoms with van der Waals surface area (Å²) in [4.78, 5) is 23.8. The van der Waals surface area contributed by atoms with Gasteiger partial charge in [0.1, 0.15) is 11.9 Å². The molecule has 20 heavy (non-hydrogen) atoms. The molecule has 110 valence electrons. The van der Waals surface area contributed by atoms with Crippen molar-refractivity contribution < 1.29 is 14.0 Å². The van der Waals surface area contributed by atoms with Crippen molar-refractivity contribution in [3.63, 3.8) is 0 Å². The van der Waals surface area contributed by atoms with Crippen LogP contribution in [-0.2, 0) is 4.79 Å². The van der Waals surface area contributed by atoms with Crippen LogP contribution in [0.4, 0.5) is 10.1 Å². The fraction of sp³-hybridized carbons (Fsp3) is 0.429. The van der Waals surface area contributed by atoms with Crippen LogP contribution in [0.25, 0.3) is 0 Å². The molecule has 1 unspecified atom stereocenters. The van der Waals surface area contributed by atoms with Crippen LogP contribution in [0.15, 0.2) is 18.2 Å². The summed E-state index contributed by atoms with van der Waals surface area (Å²) >= 11 is 0. The maximum Gasteiger partial charge on any atom is 0.254 e. The van der Waals surface area contributed by atoms with E-state index in [0.29, 0.717) is 6.42 Å². The summed E-state index contributed by atoms with van der Waals surface area (Å²) in [6.45, 7) is 3.89. The van der Waals surface area contributed by atoms with Gasteiger partial charge in [0.2, 0.25) is 5.91 Å². The van der Waals surface area contributed by atoms with E-state index in [9.17, 15) is 14.0 Å². The number of hydrogen-bond acceptors (Lipinski definition) is 3. The normalized spacial score (nSPS) is 12.1. The molecular weight excluding hydrogens is 261 g/mol. The number of carbonyl (C=O) groups is 2. The molecule has 0 aliphatic heterocycles. The lowest BCUT2D eigenvalue weighted by atomic mass is 10.0. The van der Waals surface area contributed by atoms with Crippen LogP contribution >= 0.6 is 0 Å². The summed E-state index contributed by atoms with van der Waals surface area (Å²) in [5.41, 5.74) is 5.35. The zero-order valence-corrected chi connectivity index (χ0v) is 11.9. The van der Waals surface area contributed by atoms with Crippen molar-refractivity contribution in [2.45, 2.75) is 26.3 Å². The van der Waals surface area contributed by atoms with E-state index < -0.39 is 17.8 Å². The molecule has 0 aliphatic carbocycles. The first-order valence-electron chi connectivity index (χ1n) is 6.43. The van der Waals surface area contributed by atoms with Crippen molar-refractivity contribution >= 4 is 17.5 Å². The molecular formula is C14H20FN3O2. The third kappa shape index (κ3) is 3.94. The van der Waals surface area contributed by atoms with Crippen LogP contribution in [0, 0.1) is 11.7 Å². The Hall–Kier alpha value is -2.11. The number of nitrogen functional groups attached to an aromatic ring is 1. The molecule has 0 spiro atoms. The van der Waals surface area contributed by atoms with Gasteiger partial charge >= 0.3 is 0 Å². The van der Waals surface area contributed by atoms with E-state index >= 15 is 0 Å². The topological polar surface area (TPSA) is 84.2 Å². The molecule has 0 saturated carbocycles. The van der Waals surface area contributed by atoms with Gasteiger partial charge in [-0.3, -0.25) is 9.59 Å². The number of likely N-dealkylation sites (N-methyl/N-ethyl adjacent to an activating group) is 1. The summed E-state index contributed by atoms with van der Waals surface area (Å²) in [6, 6.07) is 3.33. The number of anilines is 1. The van der Waals surface area contributed by atoms with Crippen molar-refractivity contribution in [2.75, 3.05) is 12.8 Å². The van der Waals surface area contributed by atoms with Crippen molar-refractivity contribution in [3.05, 3.63) is 29.6 Å². The zero-order chi connectivity index (χ0) is 15.3. The first kappa shape index (κ1) is 15.9. The molecule has 0 aliphatic rings. The Kier molecular flexibility index (Phi) is 5.49. The quantitative estimate of drug-likeness (QED) is 0.711. The van der Waals surface area contributed by atoms with Crippen LogP contribution in [0.3, 0.4) is 0 Å². The highest BCUT2D eigenvalue weighted by Gasteiger charge is 2.22. The van der Waals surface area contributed by atoms with Gasteiger partial charge in [0, 0.05) is 7.05 Å². The second-order valence-electron chi connectivity index (χ2n) is 4.97. The minimum atomic E-state index is -0.671. The predicted molar refractivity (Wildman–Crippen MR) is 75.6 cm³/mol. The van der Waals surface area contributed by atoms with Gasteiger partial charge in [-0.2, -0.15) is 0 Å². The number of halogens is 1. The van der Waals surface area contributed by atoms with Crippen LogP contribution in [0.1, 0.15) is 30.6 Å². The second-order valence-corrected chi connectivity index (χ2v) is 4.97. The van der Waals surface area contributed by atoms with Crippen molar-refractivity contribution in [3.8, 4) is 0 Å². The first-order valence-corrected chi connectivity index (χ1v) is 6.43. The van der Waals surface area contributed by atoms with Crippen LogP contribution in [0.2, 0.25) is 0 Å². The van der Waals surface area contributed by atoms with Gasteiger partial charge in [0.15, 0.2) is 0 Å². The highest BCUT2D eigenvalue weighted by molar-refractivity contribution is 6.01. The largest absolute Gasteiger partial charge is 0.396 e. The fourth-order valence-electron chi connectivity index (χ4n) is 1.85. The third-order valence-electron chi connectivity index (χ3n) is 2.87. The molecule has 1 rings (SSSR count). The number of rotatable bonds is 5. The van der Waals surface area contributed by atoms with Crippen molar-refractivity contribution in [1.82, 2.24) is 10.6 Å². The highest BCUT2D eigenvalue weighted by atomic mass is 19.1. The van der Waals surface area contributed by atoms with Crippen molar-refractivity contribution in [1.29, 1.82) is 0 Å². The number of nitrogens with one attached hydrogen (secondary N) is 2. The van der Waals surface area contributed by atoms with E-state index in [1.807, 2.05) is 13.8 Å². The van der Waals surface area contributed by atoms with Crippen molar-refractivity contribution in [2.24, 2.45) is 5.92 Å². The van der Waals surface area contributed by atoms with Gasteiger partial charge in [-0.15, -0.1) is 0 Å². The molecule has 6 heteroatoms. The Morgan fingerprint density at radius 1 is 1.35 bits per heavy atom. The number of hydrogen-bond donors (Lipinski definition) is 3. The molecule has 1 aromatic rings. The van der Waals surface area contributed by atoms with E-state index in [2.05, 4.69) is 10.6 Å². The summed E-state index contributed by atoms with van der Waals surface area (Å²) < 4.78 is 13.3. The van der Waals surface area contributed by atoms with Gasteiger partial charge in [0.05, 0.1) is 11.3 Å².